The molecule has 0 aromatic heterocycles. The molecular weight excluding hydrogens is 662 g/mol. The zero-order valence-corrected chi connectivity index (χ0v) is 24.4. The van der Waals surface area contributed by atoms with Gasteiger partial charge < -0.3 is 15.3 Å². The van der Waals surface area contributed by atoms with Gasteiger partial charge in [0, 0.05) is 17.5 Å². The molecule has 6 rings (SSSR count). The van der Waals surface area contributed by atoms with Crippen molar-refractivity contribution in [1.29, 1.82) is 0 Å². The van der Waals surface area contributed by atoms with Crippen LogP contribution in [0.3, 0.4) is 0 Å². The van der Waals surface area contributed by atoms with E-state index in [1.54, 1.807) is 6.08 Å². The maximum absolute atomic E-state index is 14.6. The SMILES string of the molecule is O=C(O)c1ccc(N2C(=O)C3CC=C4C(CC5(Cl)C(=O)N(CBr)C(=O)C5(Cl)C4c4cccc(F)c4O)C3C2=O)cc1O. The third-order valence-electron chi connectivity index (χ3n) is 8.81. The van der Waals surface area contributed by atoms with Crippen LogP contribution in [-0.4, -0.2) is 65.0 Å². The lowest BCUT2D eigenvalue weighted by Crippen LogP contribution is -2.60. The molecule has 3 N–H and O–H groups in total. The number of para-hydroxylation sites is 1. The van der Waals surface area contributed by atoms with Gasteiger partial charge in [0.05, 0.1) is 23.0 Å². The van der Waals surface area contributed by atoms with Crippen LogP contribution in [0.25, 0.3) is 0 Å². The number of imide groups is 2. The van der Waals surface area contributed by atoms with Crippen molar-refractivity contribution >= 4 is 74.4 Å². The minimum atomic E-state index is -2.20. The second-order valence-corrected chi connectivity index (χ2v) is 12.4. The molecule has 218 valence electrons. The number of benzene rings is 2. The molecule has 14 heteroatoms. The summed E-state index contributed by atoms with van der Waals surface area (Å²) in [6, 6.07) is 6.95. The van der Waals surface area contributed by atoms with E-state index in [9.17, 15) is 43.7 Å². The first-order chi connectivity index (χ1) is 19.8. The fraction of sp³-hybridized carbons (Fsp3) is 0.321. The Morgan fingerprint density at radius 3 is 2.40 bits per heavy atom. The molecular formula is C28H20BrCl2FN2O8. The largest absolute Gasteiger partial charge is 0.507 e. The first-order valence-electron chi connectivity index (χ1n) is 12.7. The average Bonchev–Trinajstić information content (AvgIpc) is 3.28. The molecule has 4 aliphatic rings. The maximum atomic E-state index is 14.6. The average molecular weight is 682 g/mol. The fourth-order valence-electron chi connectivity index (χ4n) is 6.96. The van der Waals surface area contributed by atoms with Crippen LogP contribution in [0.5, 0.6) is 11.5 Å². The molecule has 6 atom stereocenters. The summed E-state index contributed by atoms with van der Waals surface area (Å²) in [7, 11) is 0. The molecule has 6 unspecified atom stereocenters. The Hall–Kier alpha value is -3.48. The molecule has 2 saturated heterocycles. The van der Waals surface area contributed by atoms with Gasteiger partial charge in [-0.25, -0.2) is 14.1 Å². The number of anilines is 1. The van der Waals surface area contributed by atoms with Gasteiger partial charge in [-0.1, -0.05) is 39.7 Å². The van der Waals surface area contributed by atoms with E-state index in [4.69, 9.17) is 23.2 Å². The van der Waals surface area contributed by atoms with Crippen LogP contribution in [0.2, 0.25) is 0 Å². The number of rotatable bonds is 4. The number of hydrogen-bond donors (Lipinski definition) is 3. The number of aromatic carboxylic acids is 1. The van der Waals surface area contributed by atoms with E-state index >= 15 is 0 Å². The molecule has 2 aromatic carbocycles. The number of halogens is 4. The number of carboxylic acids is 1. The smallest absolute Gasteiger partial charge is 0.339 e. The number of carboxylic acid groups (broad SMARTS) is 1. The van der Waals surface area contributed by atoms with Crippen LogP contribution < -0.4 is 4.90 Å². The summed E-state index contributed by atoms with van der Waals surface area (Å²) in [4.78, 5) is 63.6. The number of carbonyl (C=O) groups excluding carboxylic acids is 4. The summed E-state index contributed by atoms with van der Waals surface area (Å²) >= 11 is 17.2. The zero-order valence-electron chi connectivity index (χ0n) is 21.3. The van der Waals surface area contributed by atoms with Gasteiger partial charge in [-0.3, -0.25) is 24.1 Å². The number of carbonyl (C=O) groups is 5. The molecule has 2 aliphatic carbocycles. The van der Waals surface area contributed by atoms with Crippen molar-refractivity contribution in [1.82, 2.24) is 4.90 Å². The monoisotopic (exact) mass is 680 g/mol. The van der Waals surface area contributed by atoms with E-state index in [1.807, 2.05) is 0 Å². The van der Waals surface area contributed by atoms with Crippen molar-refractivity contribution in [2.45, 2.75) is 28.5 Å². The fourth-order valence-corrected chi connectivity index (χ4v) is 8.38. The molecule has 10 nitrogen and oxygen atoms in total. The molecule has 2 aromatic rings. The number of allylic oxidation sites excluding steroid dienone is 2. The molecule has 2 aliphatic heterocycles. The van der Waals surface area contributed by atoms with Gasteiger partial charge in [-0.05, 0) is 37.0 Å². The van der Waals surface area contributed by atoms with Gasteiger partial charge in [-0.15, -0.1) is 23.2 Å². The number of phenols is 2. The van der Waals surface area contributed by atoms with Crippen molar-refractivity contribution in [3.05, 3.63) is 65.0 Å². The lowest BCUT2D eigenvalue weighted by atomic mass is 9.56. The highest BCUT2D eigenvalue weighted by Crippen LogP contribution is 2.66. The summed E-state index contributed by atoms with van der Waals surface area (Å²) in [5, 5.41) is 30.2. The molecule has 42 heavy (non-hydrogen) atoms. The molecule has 3 fully saturated rings. The van der Waals surface area contributed by atoms with Crippen molar-refractivity contribution in [2.24, 2.45) is 17.8 Å². The predicted molar refractivity (Wildman–Crippen MR) is 149 cm³/mol. The summed E-state index contributed by atoms with van der Waals surface area (Å²) in [5.74, 6) is -11.1. The van der Waals surface area contributed by atoms with Gasteiger partial charge in [0.25, 0.3) is 11.8 Å². The first kappa shape index (κ1) is 28.6. The second kappa shape index (κ2) is 9.51. The Kier molecular flexibility index (Phi) is 6.49. The Morgan fingerprint density at radius 2 is 1.76 bits per heavy atom. The maximum Gasteiger partial charge on any atom is 0.339 e. The number of amides is 4. The van der Waals surface area contributed by atoms with Crippen LogP contribution in [0.1, 0.15) is 34.7 Å². The van der Waals surface area contributed by atoms with Gasteiger partial charge in [0.15, 0.2) is 21.3 Å². The lowest BCUT2D eigenvalue weighted by Gasteiger charge is -2.50. The van der Waals surface area contributed by atoms with Crippen molar-refractivity contribution in [3.8, 4) is 11.5 Å². The topological polar surface area (TPSA) is 153 Å². The number of alkyl halides is 3. The summed E-state index contributed by atoms with van der Waals surface area (Å²) in [6.07, 6.45) is 1.31. The number of hydrogen-bond acceptors (Lipinski definition) is 7. The number of phenolic OH excluding ortho intramolecular Hbond substituents is 1. The van der Waals surface area contributed by atoms with E-state index in [0.717, 1.165) is 28.0 Å². The number of likely N-dealkylation sites (tertiary alicyclic amines) is 1. The van der Waals surface area contributed by atoms with Crippen LogP contribution in [0, 0.1) is 23.6 Å². The summed E-state index contributed by atoms with van der Waals surface area (Å²) in [6.45, 7) is 0. The number of fused-ring (bicyclic) bond motifs is 4. The van der Waals surface area contributed by atoms with Crippen LogP contribution in [-0.2, 0) is 19.2 Å². The van der Waals surface area contributed by atoms with Crippen molar-refractivity contribution in [2.75, 3.05) is 10.4 Å². The van der Waals surface area contributed by atoms with Crippen molar-refractivity contribution in [3.63, 3.8) is 0 Å². The zero-order chi connectivity index (χ0) is 30.5. The molecule has 2 heterocycles. The van der Waals surface area contributed by atoms with E-state index in [0.29, 0.717) is 5.57 Å². The third kappa shape index (κ3) is 3.51. The molecule has 0 bridgehead atoms. The lowest BCUT2D eigenvalue weighted by molar-refractivity contribution is -0.138. The molecule has 0 radical (unpaired) electrons. The van der Waals surface area contributed by atoms with Crippen LogP contribution in [0.15, 0.2) is 48.0 Å². The van der Waals surface area contributed by atoms with Gasteiger partial charge in [-0.2, -0.15) is 0 Å². The quantitative estimate of drug-likeness (QED) is 0.191. The second-order valence-electron chi connectivity index (χ2n) is 10.7. The van der Waals surface area contributed by atoms with E-state index in [-0.39, 0.29) is 29.5 Å². The minimum Gasteiger partial charge on any atom is -0.507 e. The van der Waals surface area contributed by atoms with Crippen molar-refractivity contribution < 1.29 is 43.7 Å². The number of aromatic hydroxyl groups is 2. The minimum absolute atomic E-state index is 0.00981. The molecule has 4 amide bonds. The Bertz CT molecular complexity index is 1670. The van der Waals surface area contributed by atoms with Crippen LogP contribution >= 0.6 is 39.1 Å². The predicted octanol–water partition coefficient (Wildman–Crippen LogP) is 3.85. The Balaban J connectivity index is 1.51. The van der Waals surface area contributed by atoms with Gasteiger partial charge in [0.1, 0.15) is 11.3 Å². The van der Waals surface area contributed by atoms with E-state index in [2.05, 4.69) is 15.9 Å². The van der Waals surface area contributed by atoms with Gasteiger partial charge in [0.2, 0.25) is 11.8 Å². The van der Waals surface area contributed by atoms with Gasteiger partial charge >= 0.3 is 5.97 Å². The Labute approximate surface area is 255 Å². The molecule has 1 saturated carbocycles. The standard InChI is InChI=1S/C28H20BrCl2FN2O8/c29-10-33-25(41)27(30)9-16-12(20(28(27,31)26(33)42)15-2-1-3-17(32)21(15)36)6-7-14-19(16)23(38)34(22(14)37)11-4-5-13(24(39)40)18(35)8-11/h1-6,8,14,16,19-20,35-36H,7,9-10H2,(H,39,40). The first-order valence-corrected chi connectivity index (χ1v) is 14.6. The van der Waals surface area contributed by atoms with E-state index in [1.165, 1.54) is 18.2 Å². The van der Waals surface area contributed by atoms with Crippen LogP contribution in [0.4, 0.5) is 10.1 Å². The van der Waals surface area contributed by atoms with E-state index < -0.39 is 85.9 Å². The highest BCUT2D eigenvalue weighted by atomic mass is 79.9. The molecule has 0 spiro atoms. The highest BCUT2D eigenvalue weighted by Gasteiger charge is 2.76. The summed E-state index contributed by atoms with van der Waals surface area (Å²) in [5.41, 5.74) is -0.472. The normalized spacial score (nSPS) is 32.0. The third-order valence-corrected chi connectivity index (χ3v) is 10.7. The number of nitrogens with zero attached hydrogens (tertiary/aromatic N) is 2. The summed E-state index contributed by atoms with van der Waals surface area (Å²) < 4.78 is 14.6. The Morgan fingerprint density at radius 1 is 1.05 bits per heavy atom. The highest BCUT2D eigenvalue weighted by molar-refractivity contribution is 9.09.